The van der Waals surface area contributed by atoms with Crippen LogP contribution in [0.4, 0.5) is 22.0 Å². The molecule has 1 aliphatic rings. The molecule has 0 radical (unpaired) electrons. The van der Waals surface area contributed by atoms with Crippen molar-refractivity contribution in [3.63, 3.8) is 0 Å². The highest BCUT2D eigenvalue weighted by atomic mass is 35.5. The Morgan fingerprint density at radius 3 is 2.09 bits per heavy atom. The summed E-state index contributed by atoms with van der Waals surface area (Å²) in [6.45, 7) is -0.565. The molecule has 1 fully saturated rings. The largest absolute Gasteiger partial charge is 0.511 e. The molecule has 0 saturated heterocycles. The van der Waals surface area contributed by atoms with E-state index in [0.717, 1.165) is 18.2 Å². The summed E-state index contributed by atoms with van der Waals surface area (Å²) >= 11 is 5.83. The van der Waals surface area contributed by atoms with Crippen molar-refractivity contribution in [2.75, 3.05) is 6.54 Å². The fourth-order valence-corrected chi connectivity index (χ4v) is 6.94. The number of benzene rings is 2. The number of rotatable bonds is 6. The Morgan fingerprint density at radius 1 is 0.970 bits per heavy atom. The second-order valence-corrected chi connectivity index (χ2v) is 12.3. The van der Waals surface area contributed by atoms with Crippen molar-refractivity contribution in [1.29, 1.82) is 0 Å². The van der Waals surface area contributed by atoms with Gasteiger partial charge in [-0.1, -0.05) is 11.6 Å². The maximum atomic E-state index is 14.8. The first kappa shape index (κ1) is 25.9. The molecule has 0 bridgehead atoms. The van der Waals surface area contributed by atoms with Crippen molar-refractivity contribution in [2.45, 2.75) is 40.8 Å². The minimum absolute atomic E-state index is 0.0385. The Labute approximate surface area is 192 Å². The zero-order chi connectivity index (χ0) is 24.7. The van der Waals surface area contributed by atoms with E-state index in [9.17, 15) is 38.8 Å². The normalized spacial score (nSPS) is 22.3. The number of sulfonamides is 1. The van der Waals surface area contributed by atoms with Crippen LogP contribution in [-0.4, -0.2) is 28.9 Å². The van der Waals surface area contributed by atoms with Gasteiger partial charge < -0.3 is 0 Å². The molecule has 0 unspecified atom stereocenters. The van der Waals surface area contributed by atoms with E-state index < -0.39 is 54.2 Å². The molecule has 0 aromatic heterocycles. The van der Waals surface area contributed by atoms with Crippen LogP contribution in [0.1, 0.15) is 31.2 Å². The number of alkyl halides is 3. The lowest BCUT2D eigenvalue weighted by molar-refractivity contribution is -0.0449. The summed E-state index contributed by atoms with van der Waals surface area (Å²) in [4.78, 5) is -0.174. The van der Waals surface area contributed by atoms with Crippen LogP contribution < -0.4 is 4.72 Å². The third-order valence-electron chi connectivity index (χ3n) is 5.84. The molecule has 1 saturated carbocycles. The molecular formula is C20H19ClF5NO4S2. The summed E-state index contributed by atoms with van der Waals surface area (Å²) < 4.78 is 116. The SMILES string of the molecule is O=S(=O)(NCC1CCC(c2cc(F)ccc2F)(S(=O)(=O)c2ccc(Cl)cc2)CC1)C(F)(F)F. The van der Waals surface area contributed by atoms with E-state index in [2.05, 4.69) is 0 Å². The summed E-state index contributed by atoms with van der Waals surface area (Å²) in [6, 6.07) is 7.60. The van der Waals surface area contributed by atoms with E-state index in [1.54, 1.807) is 0 Å². The molecule has 0 aliphatic heterocycles. The van der Waals surface area contributed by atoms with E-state index >= 15 is 0 Å². The topological polar surface area (TPSA) is 80.3 Å². The highest BCUT2D eigenvalue weighted by molar-refractivity contribution is 7.92. The van der Waals surface area contributed by atoms with Crippen LogP contribution in [0, 0.1) is 17.6 Å². The molecule has 13 heteroatoms. The standard InChI is InChI=1S/C20H19ClF5NO4S2/c21-14-1-4-16(5-2-14)32(28,29)19(17-11-15(22)3-6-18(17)23)9-7-13(8-10-19)12-27-33(30,31)20(24,25)26/h1-6,11,13,27H,7-10,12H2. The maximum Gasteiger partial charge on any atom is 0.511 e. The van der Waals surface area contributed by atoms with Gasteiger partial charge in [-0.05, 0) is 74.1 Å². The van der Waals surface area contributed by atoms with Crippen LogP contribution in [-0.2, 0) is 24.6 Å². The van der Waals surface area contributed by atoms with Crippen molar-refractivity contribution >= 4 is 31.5 Å². The van der Waals surface area contributed by atoms with Crippen LogP contribution >= 0.6 is 11.6 Å². The molecule has 5 nitrogen and oxygen atoms in total. The molecule has 2 aromatic carbocycles. The first-order valence-electron chi connectivity index (χ1n) is 9.71. The Balaban J connectivity index is 1.96. The molecule has 3 rings (SSSR count). The van der Waals surface area contributed by atoms with Gasteiger partial charge in [0.2, 0.25) is 0 Å². The fourth-order valence-electron chi connectivity index (χ4n) is 4.03. The average molecular weight is 532 g/mol. The van der Waals surface area contributed by atoms with Crippen molar-refractivity contribution in [3.05, 3.63) is 64.7 Å². The molecular weight excluding hydrogens is 513 g/mol. The van der Waals surface area contributed by atoms with Gasteiger partial charge in [-0.3, -0.25) is 0 Å². The van der Waals surface area contributed by atoms with E-state index in [-0.39, 0.29) is 41.2 Å². The minimum atomic E-state index is -5.56. The van der Waals surface area contributed by atoms with Crippen LogP contribution in [0.3, 0.4) is 0 Å². The van der Waals surface area contributed by atoms with E-state index in [1.807, 2.05) is 0 Å². The van der Waals surface area contributed by atoms with Crippen molar-refractivity contribution in [3.8, 4) is 0 Å². The zero-order valence-electron chi connectivity index (χ0n) is 16.9. The Kier molecular flexibility index (Phi) is 7.15. The molecule has 0 spiro atoms. The van der Waals surface area contributed by atoms with Crippen LogP contribution in [0.2, 0.25) is 5.02 Å². The van der Waals surface area contributed by atoms with Crippen molar-refractivity contribution < 1.29 is 38.8 Å². The van der Waals surface area contributed by atoms with E-state index in [0.29, 0.717) is 0 Å². The average Bonchev–Trinajstić information content (AvgIpc) is 2.74. The Morgan fingerprint density at radius 2 is 1.55 bits per heavy atom. The number of sulfone groups is 1. The number of hydrogen-bond acceptors (Lipinski definition) is 4. The molecule has 182 valence electrons. The maximum absolute atomic E-state index is 14.8. The summed E-state index contributed by atoms with van der Waals surface area (Å²) in [7, 11) is -9.86. The van der Waals surface area contributed by atoms with Gasteiger partial charge in [0.1, 0.15) is 16.4 Å². The lowest BCUT2D eigenvalue weighted by Crippen LogP contribution is -2.44. The Hall–Kier alpha value is -1.76. The number of halogens is 6. The molecule has 33 heavy (non-hydrogen) atoms. The van der Waals surface area contributed by atoms with Crippen molar-refractivity contribution in [2.24, 2.45) is 5.92 Å². The summed E-state index contributed by atoms with van der Waals surface area (Å²) in [5.41, 5.74) is -5.86. The van der Waals surface area contributed by atoms with Crippen LogP contribution in [0.25, 0.3) is 0 Å². The van der Waals surface area contributed by atoms with Gasteiger partial charge in [-0.25, -0.2) is 30.3 Å². The summed E-state index contributed by atoms with van der Waals surface area (Å²) in [5, 5.41) is 0.264. The van der Waals surface area contributed by atoms with Gasteiger partial charge in [0.15, 0.2) is 9.84 Å². The summed E-state index contributed by atoms with van der Waals surface area (Å²) in [5.74, 6) is -2.42. The van der Waals surface area contributed by atoms with Gasteiger partial charge in [0.25, 0.3) is 0 Å². The molecule has 0 heterocycles. The fraction of sp³-hybridized carbons (Fsp3) is 0.400. The lowest BCUT2D eigenvalue weighted by atomic mass is 9.77. The monoisotopic (exact) mass is 531 g/mol. The van der Waals surface area contributed by atoms with Gasteiger partial charge in [0, 0.05) is 17.1 Å². The summed E-state index contributed by atoms with van der Waals surface area (Å²) in [6.07, 6.45) is -0.584. The smallest absolute Gasteiger partial charge is 0.223 e. The first-order valence-corrected chi connectivity index (χ1v) is 13.1. The Bertz CT molecular complexity index is 1220. The van der Waals surface area contributed by atoms with Crippen LogP contribution in [0.5, 0.6) is 0 Å². The number of hydrogen-bond donors (Lipinski definition) is 1. The number of nitrogens with one attached hydrogen (secondary N) is 1. The third-order valence-corrected chi connectivity index (χ3v) is 9.80. The van der Waals surface area contributed by atoms with Gasteiger partial charge >= 0.3 is 15.5 Å². The van der Waals surface area contributed by atoms with Gasteiger partial charge in [0.05, 0.1) is 4.90 Å². The lowest BCUT2D eigenvalue weighted by Gasteiger charge is -2.40. The second kappa shape index (κ2) is 9.12. The zero-order valence-corrected chi connectivity index (χ0v) is 19.3. The van der Waals surface area contributed by atoms with Gasteiger partial charge in [-0.2, -0.15) is 13.2 Å². The molecule has 0 atom stereocenters. The predicted octanol–water partition coefficient (Wildman–Crippen LogP) is 4.92. The highest BCUT2D eigenvalue weighted by Crippen LogP contribution is 2.49. The molecule has 1 N–H and O–H groups in total. The predicted molar refractivity (Wildman–Crippen MR) is 112 cm³/mol. The third kappa shape index (κ3) is 5.03. The second-order valence-electron chi connectivity index (χ2n) is 7.82. The molecule has 0 amide bonds. The molecule has 2 aromatic rings. The first-order chi connectivity index (χ1) is 15.2. The van der Waals surface area contributed by atoms with Gasteiger partial charge in [-0.15, -0.1) is 0 Å². The molecule has 1 aliphatic carbocycles. The minimum Gasteiger partial charge on any atom is -0.223 e. The van der Waals surface area contributed by atoms with E-state index in [1.165, 1.54) is 29.0 Å². The van der Waals surface area contributed by atoms with E-state index in [4.69, 9.17) is 11.6 Å². The quantitative estimate of drug-likeness (QED) is 0.537. The van der Waals surface area contributed by atoms with Crippen LogP contribution in [0.15, 0.2) is 47.4 Å². The van der Waals surface area contributed by atoms with Crippen molar-refractivity contribution in [1.82, 2.24) is 4.72 Å². The highest BCUT2D eigenvalue weighted by Gasteiger charge is 2.51.